The summed E-state index contributed by atoms with van der Waals surface area (Å²) in [4.78, 5) is 34.8. The average molecular weight is 857 g/mol. The minimum Gasteiger partial charge on any atom is -0.466 e. The number of halogens is 3. The molecule has 2 heterocycles. The van der Waals surface area contributed by atoms with Crippen molar-refractivity contribution in [1.82, 2.24) is 24.6 Å². The van der Waals surface area contributed by atoms with Gasteiger partial charge in [0.05, 0.1) is 17.6 Å². The lowest BCUT2D eigenvalue weighted by atomic mass is 9.73. The maximum atomic E-state index is 15.8. The number of amides is 1. The first-order valence-corrected chi connectivity index (χ1v) is 20.0. The molecule has 1 amide bonds. The van der Waals surface area contributed by atoms with E-state index in [4.69, 9.17) is 24.3 Å². The van der Waals surface area contributed by atoms with Crippen molar-refractivity contribution in [3.05, 3.63) is 130 Å². The molecule has 0 radical (unpaired) electrons. The first kappa shape index (κ1) is 42.1. The van der Waals surface area contributed by atoms with E-state index in [1.807, 2.05) is 54.6 Å². The van der Waals surface area contributed by atoms with Crippen LogP contribution >= 0.6 is 15.9 Å². The molecule has 2 aromatic heterocycles. The standard InChI is InChI=1S/C45H48BrF2N5O5/c1-7-56-39(54)19-17-34-33-20-23-49-38(33)26-37(48)40(34)58-32-16-18-36(47)35(25-32)41-50-42(51-53(41)6)45(4,30-14-11-15-31(46)24-30)22-21-44(2,3)28-52(5)43(55)57-27-29-12-9-8-10-13-29/h8-16,18,20,23-26,49H,7,17,19,21-22,27-28H2,1-6H3. The minimum atomic E-state index is -0.739. The molecule has 6 aromatic rings. The van der Waals surface area contributed by atoms with Crippen LogP contribution in [0.2, 0.25) is 0 Å². The number of hydrogen-bond acceptors (Lipinski definition) is 7. The van der Waals surface area contributed by atoms with E-state index in [-0.39, 0.29) is 54.4 Å². The Morgan fingerprint density at radius 1 is 0.931 bits per heavy atom. The second-order valence-corrected chi connectivity index (χ2v) is 16.4. The minimum absolute atomic E-state index is 0.0241. The molecule has 1 N–H and O–H groups in total. The van der Waals surface area contributed by atoms with Crippen molar-refractivity contribution in [2.45, 2.75) is 65.4 Å². The zero-order chi connectivity index (χ0) is 41.6. The summed E-state index contributed by atoms with van der Waals surface area (Å²) in [6.45, 7) is 8.86. The number of nitrogens with one attached hydrogen (secondary N) is 1. The molecule has 58 heavy (non-hydrogen) atoms. The molecule has 304 valence electrons. The maximum Gasteiger partial charge on any atom is 0.409 e. The average Bonchev–Trinajstić information content (AvgIpc) is 3.83. The lowest BCUT2D eigenvalue weighted by Crippen LogP contribution is -2.37. The topological polar surface area (TPSA) is 112 Å². The number of benzene rings is 4. The van der Waals surface area contributed by atoms with Gasteiger partial charge in [-0.25, -0.2) is 23.2 Å². The molecule has 1 atom stereocenters. The smallest absolute Gasteiger partial charge is 0.409 e. The van der Waals surface area contributed by atoms with Gasteiger partial charge in [0.15, 0.2) is 23.2 Å². The van der Waals surface area contributed by atoms with E-state index in [1.54, 1.807) is 38.2 Å². The summed E-state index contributed by atoms with van der Waals surface area (Å²) >= 11 is 3.62. The summed E-state index contributed by atoms with van der Waals surface area (Å²) in [7, 11) is 3.44. The summed E-state index contributed by atoms with van der Waals surface area (Å²) in [5.74, 6) is -0.764. The predicted molar refractivity (Wildman–Crippen MR) is 223 cm³/mol. The molecule has 0 spiro atoms. The van der Waals surface area contributed by atoms with Crippen LogP contribution in [0.25, 0.3) is 22.3 Å². The Kier molecular flexibility index (Phi) is 13.0. The lowest BCUT2D eigenvalue weighted by molar-refractivity contribution is -0.143. The van der Waals surface area contributed by atoms with Gasteiger partial charge in [0.25, 0.3) is 0 Å². The molecule has 4 aromatic carbocycles. The van der Waals surface area contributed by atoms with Gasteiger partial charge in [-0.15, -0.1) is 0 Å². The number of aryl methyl sites for hydroxylation is 2. The van der Waals surface area contributed by atoms with Gasteiger partial charge in [-0.1, -0.05) is 72.2 Å². The van der Waals surface area contributed by atoms with Crippen LogP contribution in [0.1, 0.15) is 69.5 Å². The van der Waals surface area contributed by atoms with Crippen molar-refractivity contribution in [2.24, 2.45) is 12.5 Å². The summed E-state index contributed by atoms with van der Waals surface area (Å²) in [5, 5.41) is 5.57. The first-order valence-electron chi connectivity index (χ1n) is 19.2. The van der Waals surface area contributed by atoms with Gasteiger partial charge < -0.3 is 24.1 Å². The van der Waals surface area contributed by atoms with Crippen molar-refractivity contribution in [1.29, 1.82) is 0 Å². The molecule has 0 aliphatic carbocycles. The second kappa shape index (κ2) is 17.9. The molecule has 6 rings (SSSR count). The third-order valence-electron chi connectivity index (χ3n) is 10.4. The van der Waals surface area contributed by atoms with E-state index in [0.717, 1.165) is 15.6 Å². The fourth-order valence-electron chi connectivity index (χ4n) is 7.17. The molecule has 0 aliphatic heterocycles. The van der Waals surface area contributed by atoms with Crippen molar-refractivity contribution in [3.8, 4) is 22.9 Å². The van der Waals surface area contributed by atoms with Gasteiger partial charge in [-0.3, -0.25) is 4.79 Å². The zero-order valence-corrected chi connectivity index (χ0v) is 35.2. The largest absolute Gasteiger partial charge is 0.466 e. The van der Waals surface area contributed by atoms with Crippen LogP contribution in [0.5, 0.6) is 11.5 Å². The fourth-order valence-corrected chi connectivity index (χ4v) is 7.57. The summed E-state index contributed by atoms with van der Waals surface area (Å²) in [6, 6.07) is 24.8. The monoisotopic (exact) mass is 855 g/mol. The van der Waals surface area contributed by atoms with Gasteiger partial charge in [0.1, 0.15) is 18.2 Å². The highest BCUT2D eigenvalue weighted by Gasteiger charge is 2.37. The van der Waals surface area contributed by atoms with Gasteiger partial charge in [-0.05, 0) is 86.1 Å². The van der Waals surface area contributed by atoms with Gasteiger partial charge in [0, 0.05) is 60.3 Å². The highest BCUT2D eigenvalue weighted by atomic mass is 79.9. The third-order valence-corrected chi connectivity index (χ3v) is 10.8. The number of rotatable bonds is 16. The Hall–Kier alpha value is -5.56. The molecule has 0 fully saturated rings. The van der Waals surface area contributed by atoms with Crippen LogP contribution in [-0.4, -0.2) is 56.9 Å². The van der Waals surface area contributed by atoms with E-state index in [0.29, 0.717) is 41.7 Å². The first-order chi connectivity index (χ1) is 27.7. The summed E-state index contributed by atoms with van der Waals surface area (Å²) in [5.41, 5.74) is 1.94. The Bertz CT molecular complexity index is 2400. The maximum absolute atomic E-state index is 15.8. The van der Waals surface area contributed by atoms with Gasteiger partial charge in [-0.2, -0.15) is 5.10 Å². The highest BCUT2D eigenvalue weighted by molar-refractivity contribution is 9.10. The Morgan fingerprint density at radius 3 is 2.45 bits per heavy atom. The molecule has 1 unspecified atom stereocenters. The lowest BCUT2D eigenvalue weighted by Gasteiger charge is -2.34. The number of ether oxygens (including phenoxy) is 3. The number of aromatic nitrogens is 4. The quantitative estimate of drug-likeness (QED) is 0.0965. The molecule has 0 saturated heterocycles. The molecule has 0 bridgehead atoms. The predicted octanol–water partition coefficient (Wildman–Crippen LogP) is 10.7. The number of fused-ring (bicyclic) bond motifs is 1. The highest BCUT2D eigenvalue weighted by Crippen LogP contribution is 2.41. The van der Waals surface area contributed by atoms with Crippen LogP contribution in [0, 0.1) is 17.0 Å². The van der Waals surface area contributed by atoms with Crippen molar-refractivity contribution >= 4 is 38.9 Å². The van der Waals surface area contributed by atoms with Crippen LogP contribution in [0.4, 0.5) is 13.6 Å². The van der Waals surface area contributed by atoms with Crippen molar-refractivity contribution in [2.75, 3.05) is 20.2 Å². The number of nitrogens with zero attached hydrogens (tertiary/aromatic N) is 4. The molecular weight excluding hydrogens is 808 g/mol. The van der Waals surface area contributed by atoms with Crippen molar-refractivity contribution in [3.63, 3.8) is 0 Å². The normalized spacial score (nSPS) is 12.6. The van der Waals surface area contributed by atoms with Crippen LogP contribution < -0.4 is 4.74 Å². The SMILES string of the molecule is CCOC(=O)CCc1c(Oc2ccc(F)c(-c3nc(C(C)(CCC(C)(C)CN(C)C(=O)OCc4ccccc4)c4cccc(Br)c4)nn3C)c2)c(F)cc2[nH]ccc12. The Balaban J connectivity index is 1.27. The number of hydrogen-bond donors (Lipinski definition) is 1. The molecule has 13 heteroatoms. The zero-order valence-electron chi connectivity index (χ0n) is 33.6. The number of H-pyrrole nitrogens is 1. The molecule has 10 nitrogen and oxygen atoms in total. The third kappa shape index (κ3) is 9.75. The van der Waals surface area contributed by atoms with E-state index in [1.165, 1.54) is 28.9 Å². The Labute approximate surface area is 345 Å². The van der Waals surface area contributed by atoms with Crippen LogP contribution in [-0.2, 0) is 39.8 Å². The Morgan fingerprint density at radius 2 is 1.71 bits per heavy atom. The van der Waals surface area contributed by atoms with E-state index >= 15 is 8.78 Å². The number of carbonyl (C=O) groups excluding carboxylic acids is 2. The van der Waals surface area contributed by atoms with Crippen LogP contribution in [0.3, 0.4) is 0 Å². The second-order valence-electron chi connectivity index (χ2n) is 15.4. The van der Waals surface area contributed by atoms with E-state index in [9.17, 15) is 9.59 Å². The van der Waals surface area contributed by atoms with Crippen molar-refractivity contribution < 1.29 is 32.6 Å². The fraction of sp³-hybridized carbons (Fsp3) is 0.333. The van der Waals surface area contributed by atoms with E-state index < -0.39 is 29.1 Å². The number of carbonyl (C=O) groups is 2. The van der Waals surface area contributed by atoms with Crippen LogP contribution in [0.15, 0.2) is 95.6 Å². The molecular formula is C45H48BrF2N5O5. The van der Waals surface area contributed by atoms with Gasteiger partial charge in [0.2, 0.25) is 0 Å². The van der Waals surface area contributed by atoms with Gasteiger partial charge >= 0.3 is 12.1 Å². The van der Waals surface area contributed by atoms with E-state index in [2.05, 4.69) is 41.7 Å². The molecule has 0 saturated carbocycles. The summed E-state index contributed by atoms with van der Waals surface area (Å²) in [6.07, 6.45) is 2.74. The summed E-state index contributed by atoms with van der Waals surface area (Å²) < 4.78 is 50.8. The number of esters is 1. The molecule has 0 aliphatic rings. The number of aromatic amines is 1.